The number of nitrogens with zero attached hydrogens (tertiary/aromatic N) is 1. The summed E-state index contributed by atoms with van der Waals surface area (Å²) < 4.78 is 0. The van der Waals surface area contributed by atoms with Crippen molar-refractivity contribution in [3.05, 3.63) is 16.1 Å². The Morgan fingerprint density at radius 2 is 2.06 bits per heavy atom. The van der Waals surface area contributed by atoms with Crippen molar-refractivity contribution in [1.29, 1.82) is 0 Å². The summed E-state index contributed by atoms with van der Waals surface area (Å²) in [5.41, 5.74) is 7.80. The second-order valence-electron chi connectivity index (χ2n) is 7.11. The number of hydrogen-bond donors (Lipinski definition) is 1. The minimum Gasteiger partial charge on any atom is -0.319 e. The smallest absolute Gasteiger partial charge is 0.113 e. The Morgan fingerprint density at radius 1 is 1.39 bits per heavy atom. The summed E-state index contributed by atoms with van der Waals surface area (Å²) in [7, 11) is 0. The van der Waals surface area contributed by atoms with Gasteiger partial charge in [0.15, 0.2) is 0 Å². The Labute approximate surface area is 115 Å². The molecule has 1 aromatic rings. The van der Waals surface area contributed by atoms with Gasteiger partial charge in [-0.15, -0.1) is 11.3 Å². The Balaban J connectivity index is 2.28. The molecule has 0 aromatic carbocycles. The molecule has 2 rings (SSSR count). The molecule has 0 bridgehead atoms. The predicted molar refractivity (Wildman–Crippen MR) is 78.9 cm³/mol. The molecule has 3 atom stereocenters. The third-order valence-electron chi connectivity index (χ3n) is 4.36. The minimum atomic E-state index is -0.194. The molecule has 2 nitrogen and oxygen atoms in total. The molecule has 0 radical (unpaired) electrons. The molecule has 1 saturated carbocycles. The van der Waals surface area contributed by atoms with E-state index in [1.54, 1.807) is 11.3 Å². The van der Waals surface area contributed by atoms with Crippen LogP contribution in [-0.4, -0.2) is 4.98 Å². The highest BCUT2D eigenvalue weighted by Crippen LogP contribution is 2.43. The maximum Gasteiger partial charge on any atom is 0.113 e. The first kappa shape index (κ1) is 14.0. The van der Waals surface area contributed by atoms with Crippen LogP contribution in [0.3, 0.4) is 0 Å². The number of hydrogen-bond acceptors (Lipinski definition) is 3. The van der Waals surface area contributed by atoms with E-state index in [1.807, 2.05) is 0 Å². The van der Waals surface area contributed by atoms with Crippen LogP contribution in [-0.2, 0) is 11.0 Å². The van der Waals surface area contributed by atoms with Gasteiger partial charge in [0, 0.05) is 10.8 Å². The Morgan fingerprint density at radius 3 is 2.56 bits per heavy atom. The van der Waals surface area contributed by atoms with E-state index in [9.17, 15) is 0 Å². The normalized spacial score (nSPS) is 33.7. The zero-order valence-electron chi connectivity index (χ0n) is 12.3. The average molecular weight is 266 g/mol. The summed E-state index contributed by atoms with van der Waals surface area (Å²) in [5.74, 6) is 1.33. The van der Waals surface area contributed by atoms with Crippen molar-refractivity contribution in [2.45, 2.75) is 64.8 Å². The molecule has 0 amide bonds. The first-order chi connectivity index (χ1) is 8.23. The zero-order valence-corrected chi connectivity index (χ0v) is 13.1. The van der Waals surface area contributed by atoms with Crippen LogP contribution in [0.15, 0.2) is 5.38 Å². The number of nitrogens with two attached hydrogens (primary N) is 1. The molecule has 1 aliphatic rings. The quantitative estimate of drug-likeness (QED) is 0.833. The van der Waals surface area contributed by atoms with Crippen LogP contribution in [0.25, 0.3) is 0 Å². The van der Waals surface area contributed by atoms with E-state index in [1.165, 1.54) is 18.5 Å². The summed E-state index contributed by atoms with van der Waals surface area (Å²) in [5, 5.41) is 3.33. The van der Waals surface area contributed by atoms with Gasteiger partial charge in [0.05, 0.1) is 11.2 Å². The minimum absolute atomic E-state index is 0.121. The van der Waals surface area contributed by atoms with Gasteiger partial charge >= 0.3 is 0 Å². The summed E-state index contributed by atoms with van der Waals surface area (Å²) in [6.07, 6.45) is 3.53. The molecule has 1 aromatic heterocycles. The maximum absolute atomic E-state index is 6.69. The van der Waals surface area contributed by atoms with Gasteiger partial charge in [-0.2, -0.15) is 0 Å². The fourth-order valence-corrected chi connectivity index (χ4v) is 4.12. The molecule has 102 valence electrons. The van der Waals surface area contributed by atoms with Crippen molar-refractivity contribution in [2.24, 2.45) is 17.6 Å². The molecular formula is C15H26N2S. The van der Waals surface area contributed by atoms with Crippen LogP contribution in [0.2, 0.25) is 0 Å². The van der Waals surface area contributed by atoms with Crippen LogP contribution in [0.4, 0.5) is 0 Å². The fraction of sp³-hybridized carbons (Fsp3) is 0.800. The predicted octanol–water partition coefficient (Wildman–Crippen LogP) is 4.05. The highest BCUT2D eigenvalue weighted by atomic mass is 32.1. The molecule has 3 unspecified atom stereocenters. The van der Waals surface area contributed by atoms with Crippen molar-refractivity contribution < 1.29 is 0 Å². The summed E-state index contributed by atoms with van der Waals surface area (Å²) in [6, 6.07) is 0. The zero-order chi connectivity index (χ0) is 13.6. The van der Waals surface area contributed by atoms with Crippen molar-refractivity contribution >= 4 is 11.3 Å². The van der Waals surface area contributed by atoms with Crippen LogP contribution in [0.1, 0.15) is 64.6 Å². The van der Waals surface area contributed by atoms with Crippen LogP contribution >= 0.6 is 11.3 Å². The molecule has 0 spiro atoms. The van der Waals surface area contributed by atoms with Crippen molar-refractivity contribution in [3.8, 4) is 0 Å². The number of aromatic nitrogens is 1. The van der Waals surface area contributed by atoms with E-state index in [0.29, 0.717) is 5.92 Å². The highest BCUT2D eigenvalue weighted by molar-refractivity contribution is 7.09. The Bertz CT molecular complexity index is 418. The van der Waals surface area contributed by atoms with Crippen molar-refractivity contribution in [3.63, 3.8) is 0 Å². The monoisotopic (exact) mass is 266 g/mol. The van der Waals surface area contributed by atoms with Gasteiger partial charge in [0.1, 0.15) is 5.01 Å². The second kappa shape index (κ2) is 4.61. The molecule has 3 heteroatoms. The van der Waals surface area contributed by atoms with Crippen molar-refractivity contribution in [1.82, 2.24) is 4.98 Å². The second-order valence-corrected chi connectivity index (χ2v) is 7.97. The Hall–Kier alpha value is -0.410. The lowest BCUT2D eigenvalue weighted by atomic mass is 9.71. The lowest BCUT2D eigenvalue weighted by molar-refractivity contribution is 0.164. The van der Waals surface area contributed by atoms with Gasteiger partial charge < -0.3 is 5.73 Å². The van der Waals surface area contributed by atoms with Gasteiger partial charge in [0.25, 0.3) is 0 Å². The first-order valence-corrected chi connectivity index (χ1v) is 7.87. The average Bonchev–Trinajstić information content (AvgIpc) is 2.73. The molecule has 18 heavy (non-hydrogen) atoms. The summed E-state index contributed by atoms with van der Waals surface area (Å²) in [6.45, 7) is 11.2. The van der Waals surface area contributed by atoms with Gasteiger partial charge in [-0.1, -0.05) is 34.6 Å². The third-order valence-corrected chi connectivity index (χ3v) is 5.39. The topological polar surface area (TPSA) is 38.9 Å². The van der Waals surface area contributed by atoms with E-state index in [2.05, 4.69) is 40.0 Å². The van der Waals surface area contributed by atoms with Crippen molar-refractivity contribution in [2.75, 3.05) is 0 Å². The van der Waals surface area contributed by atoms with E-state index >= 15 is 0 Å². The number of rotatable bonds is 1. The standard InChI is InChI=1S/C15H26N2S/c1-10-6-7-15(16,11(2)8-10)13-17-12(9-18-13)14(3,4)5/h9-11H,6-8,16H2,1-5H3. The number of thiazole rings is 1. The summed E-state index contributed by atoms with van der Waals surface area (Å²) in [4.78, 5) is 4.85. The van der Waals surface area contributed by atoms with E-state index in [-0.39, 0.29) is 11.0 Å². The van der Waals surface area contributed by atoms with Gasteiger partial charge in [0.2, 0.25) is 0 Å². The van der Waals surface area contributed by atoms with E-state index < -0.39 is 0 Å². The van der Waals surface area contributed by atoms with Crippen LogP contribution in [0.5, 0.6) is 0 Å². The molecule has 0 aliphatic heterocycles. The fourth-order valence-electron chi connectivity index (χ4n) is 2.81. The maximum atomic E-state index is 6.69. The lowest BCUT2D eigenvalue weighted by Gasteiger charge is -2.40. The van der Waals surface area contributed by atoms with Crippen LogP contribution < -0.4 is 5.73 Å². The van der Waals surface area contributed by atoms with Crippen LogP contribution in [0, 0.1) is 11.8 Å². The SMILES string of the molecule is CC1CCC(N)(c2nc(C(C)(C)C)cs2)C(C)C1. The molecule has 0 saturated heterocycles. The molecule has 1 aliphatic carbocycles. The molecule has 2 N–H and O–H groups in total. The molecule has 1 heterocycles. The van der Waals surface area contributed by atoms with E-state index in [0.717, 1.165) is 17.3 Å². The molecular weight excluding hydrogens is 240 g/mol. The largest absolute Gasteiger partial charge is 0.319 e. The van der Waals surface area contributed by atoms with E-state index in [4.69, 9.17) is 10.7 Å². The lowest BCUT2D eigenvalue weighted by Crippen LogP contribution is -2.46. The molecule has 1 fully saturated rings. The highest BCUT2D eigenvalue weighted by Gasteiger charge is 2.40. The van der Waals surface area contributed by atoms with Gasteiger partial charge in [-0.3, -0.25) is 0 Å². The summed E-state index contributed by atoms with van der Waals surface area (Å²) >= 11 is 1.75. The first-order valence-electron chi connectivity index (χ1n) is 6.99. The van der Waals surface area contributed by atoms with Gasteiger partial charge in [-0.25, -0.2) is 4.98 Å². The Kier molecular flexibility index (Phi) is 3.58. The van der Waals surface area contributed by atoms with Gasteiger partial charge in [-0.05, 0) is 31.1 Å². The third kappa shape index (κ3) is 2.48.